The van der Waals surface area contributed by atoms with Gasteiger partial charge in [0.2, 0.25) is 5.91 Å². The summed E-state index contributed by atoms with van der Waals surface area (Å²) in [6, 6.07) is 0.322. The minimum Gasteiger partial charge on any atom is -0.384 e. The Morgan fingerprint density at radius 2 is 1.81 bits per heavy atom. The van der Waals surface area contributed by atoms with Crippen LogP contribution in [0.1, 0.15) is 41.0 Å². The van der Waals surface area contributed by atoms with E-state index in [-0.39, 0.29) is 23.8 Å². The van der Waals surface area contributed by atoms with Gasteiger partial charge in [0.15, 0.2) is 0 Å². The van der Waals surface area contributed by atoms with Crippen LogP contribution >= 0.6 is 0 Å². The lowest BCUT2D eigenvalue weighted by Gasteiger charge is -2.34. The van der Waals surface area contributed by atoms with E-state index in [1.165, 1.54) is 0 Å². The second-order valence-corrected chi connectivity index (χ2v) is 7.07. The van der Waals surface area contributed by atoms with Gasteiger partial charge in [-0.05, 0) is 25.2 Å². The van der Waals surface area contributed by atoms with Crippen molar-refractivity contribution in [3.05, 3.63) is 0 Å². The molecule has 3 unspecified atom stereocenters. The topological polar surface area (TPSA) is 38.8 Å². The second kappa shape index (κ2) is 8.14. The molecule has 4 atom stereocenters. The van der Waals surface area contributed by atoms with Crippen LogP contribution in [-0.2, 0) is 14.3 Å². The van der Waals surface area contributed by atoms with Gasteiger partial charge in [-0.3, -0.25) is 4.79 Å². The zero-order valence-electron chi connectivity index (χ0n) is 14.8. The SMILES string of the molecule is COCC1C[C@@H](C(C)C)N(C(=O)C(C(C)C)C(C)OC)C1. The van der Waals surface area contributed by atoms with Crippen molar-refractivity contribution in [2.45, 2.75) is 53.2 Å². The third-order valence-corrected chi connectivity index (χ3v) is 4.77. The van der Waals surface area contributed by atoms with Crippen molar-refractivity contribution in [2.75, 3.05) is 27.4 Å². The maximum atomic E-state index is 13.1. The van der Waals surface area contributed by atoms with Crippen molar-refractivity contribution in [3.63, 3.8) is 0 Å². The zero-order chi connectivity index (χ0) is 16.2. The van der Waals surface area contributed by atoms with Crippen molar-refractivity contribution >= 4 is 5.91 Å². The molecule has 0 spiro atoms. The first kappa shape index (κ1) is 18.4. The molecule has 0 bridgehead atoms. The van der Waals surface area contributed by atoms with Crippen molar-refractivity contribution in [1.82, 2.24) is 4.90 Å². The van der Waals surface area contributed by atoms with Gasteiger partial charge in [-0.15, -0.1) is 0 Å². The molecule has 1 aliphatic rings. The molecule has 1 heterocycles. The first-order chi connectivity index (χ1) is 9.83. The number of methoxy groups -OCH3 is 2. The normalized spacial score (nSPS) is 25.7. The van der Waals surface area contributed by atoms with E-state index < -0.39 is 0 Å². The Labute approximate surface area is 130 Å². The number of ether oxygens (including phenoxy) is 2. The zero-order valence-corrected chi connectivity index (χ0v) is 14.8. The summed E-state index contributed by atoms with van der Waals surface area (Å²) in [6.07, 6.45) is 0.996. The summed E-state index contributed by atoms with van der Waals surface area (Å²) in [5, 5.41) is 0. The van der Waals surface area contributed by atoms with E-state index in [4.69, 9.17) is 9.47 Å². The highest BCUT2D eigenvalue weighted by molar-refractivity contribution is 5.80. The fraction of sp³-hybridized carbons (Fsp3) is 0.941. The maximum Gasteiger partial charge on any atom is 0.228 e. The molecular formula is C17H33NO3. The highest BCUT2D eigenvalue weighted by Crippen LogP contribution is 2.32. The van der Waals surface area contributed by atoms with Gasteiger partial charge in [-0.1, -0.05) is 27.7 Å². The van der Waals surface area contributed by atoms with E-state index in [1.54, 1.807) is 14.2 Å². The number of nitrogens with zero attached hydrogens (tertiary/aromatic N) is 1. The fourth-order valence-electron chi connectivity index (χ4n) is 3.56. The van der Waals surface area contributed by atoms with Crippen molar-refractivity contribution in [2.24, 2.45) is 23.7 Å². The van der Waals surface area contributed by atoms with Gasteiger partial charge in [0, 0.05) is 32.7 Å². The molecule has 1 amide bonds. The number of amides is 1. The first-order valence-electron chi connectivity index (χ1n) is 8.15. The Balaban J connectivity index is 2.90. The average molecular weight is 299 g/mol. The molecule has 1 saturated heterocycles. The first-order valence-corrected chi connectivity index (χ1v) is 8.15. The summed E-state index contributed by atoms with van der Waals surface area (Å²) in [6.45, 7) is 12.1. The van der Waals surface area contributed by atoms with E-state index in [0.29, 0.717) is 17.9 Å². The average Bonchev–Trinajstić information content (AvgIpc) is 2.82. The molecule has 0 aromatic heterocycles. The third-order valence-electron chi connectivity index (χ3n) is 4.77. The number of hydrogen-bond donors (Lipinski definition) is 0. The Morgan fingerprint density at radius 1 is 1.19 bits per heavy atom. The number of carbonyl (C=O) groups is 1. The molecule has 124 valence electrons. The Bertz CT molecular complexity index is 330. The summed E-state index contributed by atoms with van der Waals surface area (Å²) in [4.78, 5) is 15.1. The van der Waals surface area contributed by atoms with Crippen LogP contribution in [0.5, 0.6) is 0 Å². The van der Waals surface area contributed by atoms with Gasteiger partial charge >= 0.3 is 0 Å². The van der Waals surface area contributed by atoms with Crippen LogP contribution in [0.4, 0.5) is 0 Å². The monoisotopic (exact) mass is 299 g/mol. The minimum absolute atomic E-state index is 0.0493. The third kappa shape index (κ3) is 4.43. The summed E-state index contributed by atoms with van der Waals surface area (Å²) in [5.74, 6) is 1.38. The van der Waals surface area contributed by atoms with Crippen LogP contribution in [0.25, 0.3) is 0 Å². The molecule has 4 heteroatoms. The van der Waals surface area contributed by atoms with Gasteiger partial charge < -0.3 is 14.4 Å². The van der Waals surface area contributed by atoms with Crippen LogP contribution in [0.2, 0.25) is 0 Å². The van der Waals surface area contributed by atoms with Gasteiger partial charge in [0.25, 0.3) is 0 Å². The lowest BCUT2D eigenvalue weighted by atomic mass is 9.88. The standard InChI is InChI=1S/C17H33NO3/c1-11(2)15-8-14(10-20-6)9-18(15)17(19)16(12(3)4)13(5)21-7/h11-16H,8-10H2,1-7H3/t13?,14?,15-,16?/m0/s1. The van der Waals surface area contributed by atoms with Crippen LogP contribution in [0.15, 0.2) is 0 Å². The molecule has 0 aromatic carbocycles. The number of hydrogen-bond acceptors (Lipinski definition) is 3. The molecule has 0 saturated carbocycles. The number of carbonyl (C=O) groups excluding carboxylic acids is 1. The van der Waals surface area contributed by atoms with Gasteiger partial charge in [-0.2, -0.15) is 0 Å². The highest BCUT2D eigenvalue weighted by Gasteiger charge is 2.41. The Hall–Kier alpha value is -0.610. The van der Waals surface area contributed by atoms with Crippen molar-refractivity contribution in [1.29, 1.82) is 0 Å². The van der Waals surface area contributed by atoms with Crippen LogP contribution in [0.3, 0.4) is 0 Å². The van der Waals surface area contributed by atoms with Crippen LogP contribution in [0, 0.1) is 23.7 Å². The molecule has 0 N–H and O–H groups in total. The lowest BCUT2D eigenvalue weighted by molar-refractivity contribution is -0.143. The molecular weight excluding hydrogens is 266 g/mol. The van der Waals surface area contributed by atoms with E-state index >= 15 is 0 Å². The summed E-state index contributed by atoms with van der Waals surface area (Å²) >= 11 is 0. The summed E-state index contributed by atoms with van der Waals surface area (Å²) < 4.78 is 10.7. The van der Waals surface area contributed by atoms with Crippen LogP contribution in [-0.4, -0.2) is 50.3 Å². The molecule has 1 fully saturated rings. The van der Waals surface area contributed by atoms with Gasteiger partial charge in [0.1, 0.15) is 0 Å². The number of rotatable bonds is 7. The van der Waals surface area contributed by atoms with Gasteiger partial charge in [-0.25, -0.2) is 0 Å². The molecule has 4 nitrogen and oxygen atoms in total. The molecule has 1 aliphatic heterocycles. The number of likely N-dealkylation sites (tertiary alicyclic amines) is 1. The minimum atomic E-state index is -0.0717. The molecule has 1 rings (SSSR count). The highest BCUT2D eigenvalue weighted by atomic mass is 16.5. The molecule has 0 radical (unpaired) electrons. The van der Waals surface area contributed by atoms with E-state index in [1.807, 2.05) is 6.92 Å². The molecule has 0 aliphatic carbocycles. The second-order valence-electron chi connectivity index (χ2n) is 7.07. The Kier molecular flexibility index (Phi) is 7.14. The van der Waals surface area contributed by atoms with E-state index in [0.717, 1.165) is 19.6 Å². The van der Waals surface area contributed by atoms with Crippen molar-refractivity contribution < 1.29 is 14.3 Å². The van der Waals surface area contributed by atoms with E-state index in [9.17, 15) is 4.79 Å². The fourth-order valence-corrected chi connectivity index (χ4v) is 3.56. The quantitative estimate of drug-likeness (QED) is 0.725. The summed E-state index contributed by atoms with van der Waals surface area (Å²) in [7, 11) is 3.42. The lowest BCUT2D eigenvalue weighted by Crippen LogP contribution is -2.47. The van der Waals surface area contributed by atoms with Crippen LogP contribution < -0.4 is 0 Å². The Morgan fingerprint density at radius 3 is 2.24 bits per heavy atom. The predicted octanol–water partition coefficient (Wildman–Crippen LogP) is 2.81. The van der Waals surface area contributed by atoms with Gasteiger partial charge in [0.05, 0.1) is 18.6 Å². The predicted molar refractivity (Wildman–Crippen MR) is 85.1 cm³/mol. The van der Waals surface area contributed by atoms with E-state index in [2.05, 4.69) is 32.6 Å². The summed E-state index contributed by atoms with van der Waals surface area (Å²) in [5.41, 5.74) is 0. The smallest absolute Gasteiger partial charge is 0.228 e. The maximum absolute atomic E-state index is 13.1. The molecule has 21 heavy (non-hydrogen) atoms. The molecule has 0 aromatic rings. The largest absolute Gasteiger partial charge is 0.384 e. The van der Waals surface area contributed by atoms with Crippen molar-refractivity contribution in [3.8, 4) is 0 Å².